The van der Waals surface area contributed by atoms with Crippen LogP contribution in [0.3, 0.4) is 0 Å². The molecule has 4 rings (SSSR count). The standard InChI is InChI=1S/C17H15N3O.C14H10N2O/c1-20(2)12-16(14-6-8-19-9-7-14)17(21)15-5-3-4-13(10-15)11-18;15-10-12-2-1-3-13(8-12)14(17)9-11-4-6-16-7-5-11/h3-10,12H,1-2H3;1-8H,9H2/b16-12+;. The third kappa shape index (κ3) is 7.81. The van der Waals surface area contributed by atoms with Crippen molar-refractivity contribution >= 4 is 17.1 Å². The Hall–Kier alpha value is -5.40. The number of aromatic nitrogens is 2. The number of hydrogen-bond donors (Lipinski definition) is 0. The maximum absolute atomic E-state index is 12.7. The van der Waals surface area contributed by atoms with Gasteiger partial charge >= 0.3 is 0 Å². The van der Waals surface area contributed by atoms with Crippen molar-refractivity contribution in [2.24, 2.45) is 0 Å². The quantitative estimate of drug-likeness (QED) is 0.256. The van der Waals surface area contributed by atoms with Crippen LogP contribution in [-0.4, -0.2) is 40.5 Å². The number of Topliss-reactive ketones (excluding diaryl/α,β-unsaturated/α-hetero) is 2. The van der Waals surface area contributed by atoms with Gasteiger partial charge in [-0.05, 0) is 59.7 Å². The monoisotopic (exact) mass is 499 g/mol. The van der Waals surface area contributed by atoms with Crippen LogP contribution in [0.25, 0.3) is 5.57 Å². The van der Waals surface area contributed by atoms with Gasteiger partial charge in [-0.3, -0.25) is 19.6 Å². The van der Waals surface area contributed by atoms with E-state index in [1.54, 1.807) is 91.7 Å². The van der Waals surface area contributed by atoms with Gasteiger partial charge in [0.15, 0.2) is 11.6 Å². The Morgan fingerprint density at radius 2 is 1.29 bits per heavy atom. The van der Waals surface area contributed by atoms with Gasteiger partial charge in [-0.25, -0.2) is 0 Å². The number of hydrogen-bond acceptors (Lipinski definition) is 7. The van der Waals surface area contributed by atoms with E-state index in [0.717, 1.165) is 11.1 Å². The topological polar surface area (TPSA) is 111 Å². The molecule has 0 bridgehead atoms. The maximum atomic E-state index is 12.7. The molecule has 4 aromatic rings. The first kappa shape index (κ1) is 27.2. The Bertz CT molecular complexity index is 1520. The lowest BCUT2D eigenvalue weighted by Crippen LogP contribution is -2.09. The smallest absolute Gasteiger partial charge is 0.195 e. The minimum absolute atomic E-state index is 0.00769. The third-order valence-corrected chi connectivity index (χ3v) is 5.30. The van der Waals surface area contributed by atoms with Crippen LogP contribution in [0.2, 0.25) is 0 Å². The second-order valence-corrected chi connectivity index (χ2v) is 8.41. The molecule has 7 nitrogen and oxygen atoms in total. The van der Waals surface area contributed by atoms with E-state index in [-0.39, 0.29) is 11.6 Å². The molecule has 2 aromatic carbocycles. The molecule has 0 spiro atoms. The van der Waals surface area contributed by atoms with Crippen molar-refractivity contribution in [2.75, 3.05) is 14.1 Å². The Balaban J connectivity index is 0.000000215. The lowest BCUT2D eigenvalue weighted by atomic mass is 9.97. The molecule has 0 amide bonds. The molecule has 0 saturated heterocycles. The minimum Gasteiger partial charge on any atom is -0.383 e. The van der Waals surface area contributed by atoms with Crippen LogP contribution in [0, 0.1) is 22.7 Å². The summed E-state index contributed by atoms with van der Waals surface area (Å²) in [5.41, 5.74) is 4.33. The van der Waals surface area contributed by atoms with Crippen molar-refractivity contribution in [1.29, 1.82) is 10.5 Å². The van der Waals surface area contributed by atoms with Crippen LogP contribution < -0.4 is 0 Å². The Morgan fingerprint density at radius 3 is 1.84 bits per heavy atom. The largest absolute Gasteiger partial charge is 0.383 e. The van der Waals surface area contributed by atoms with Gasteiger partial charge < -0.3 is 4.90 Å². The normalized spacial score (nSPS) is 10.3. The molecule has 186 valence electrons. The van der Waals surface area contributed by atoms with Crippen molar-refractivity contribution in [2.45, 2.75) is 6.42 Å². The molecule has 0 radical (unpaired) electrons. The summed E-state index contributed by atoms with van der Waals surface area (Å²) < 4.78 is 0. The van der Waals surface area contributed by atoms with E-state index < -0.39 is 0 Å². The van der Waals surface area contributed by atoms with Crippen LogP contribution in [0.15, 0.2) is 104 Å². The first-order chi connectivity index (χ1) is 18.4. The average molecular weight is 500 g/mol. The zero-order valence-electron chi connectivity index (χ0n) is 21.1. The number of pyridine rings is 2. The van der Waals surface area contributed by atoms with E-state index in [4.69, 9.17) is 10.5 Å². The number of rotatable bonds is 7. The summed E-state index contributed by atoms with van der Waals surface area (Å²) in [5.74, 6) is -0.111. The number of nitrogens with zero attached hydrogens (tertiary/aromatic N) is 5. The van der Waals surface area contributed by atoms with Gasteiger partial charge in [0.25, 0.3) is 0 Å². The predicted octanol–water partition coefficient (Wildman–Crippen LogP) is 5.12. The number of benzene rings is 2. The minimum atomic E-state index is -0.119. The molecule has 0 aliphatic carbocycles. The summed E-state index contributed by atoms with van der Waals surface area (Å²) in [6.07, 6.45) is 8.73. The molecule has 2 aromatic heterocycles. The summed E-state index contributed by atoms with van der Waals surface area (Å²) in [6.45, 7) is 0. The van der Waals surface area contributed by atoms with Crippen molar-refractivity contribution in [3.63, 3.8) is 0 Å². The molecule has 7 heteroatoms. The SMILES string of the molecule is CN(C)/C=C(/C(=O)c1cccc(C#N)c1)c1ccncc1.N#Cc1cccc(C(=O)Cc2ccncc2)c1. The first-order valence-corrected chi connectivity index (χ1v) is 11.7. The van der Waals surface area contributed by atoms with Crippen molar-refractivity contribution in [3.8, 4) is 12.1 Å². The molecule has 0 unspecified atom stereocenters. The summed E-state index contributed by atoms with van der Waals surface area (Å²) in [4.78, 5) is 34.4. The lowest BCUT2D eigenvalue weighted by Gasteiger charge is -2.12. The second-order valence-electron chi connectivity index (χ2n) is 8.41. The van der Waals surface area contributed by atoms with Crippen LogP contribution in [0.4, 0.5) is 0 Å². The van der Waals surface area contributed by atoms with Gasteiger partial charge in [0.05, 0.1) is 23.3 Å². The fourth-order valence-electron chi connectivity index (χ4n) is 3.49. The van der Waals surface area contributed by atoms with Crippen LogP contribution in [0.5, 0.6) is 0 Å². The fraction of sp³-hybridized carbons (Fsp3) is 0.0968. The molecular weight excluding hydrogens is 474 g/mol. The summed E-state index contributed by atoms with van der Waals surface area (Å²) >= 11 is 0. The Kier molecular flexibility index (Phi) is 9.75. The van der Waals surface area contributed by atoms with Crippen LogP contribution >= 0.6 is 0 Å². The van der Waals surface area contributed by atoms with Gasteiger partial charge in [-0.1, -0.05) is 24.3 Å². The Labute approximate surface area is 222 Å². The van der Waals surface area contributed by atoms with E-state index in [0.29, 0.717) is 34.2 Å². The van der Waals surface area contributed by atoms with Gasteiger partial charge in [0.2, 0.25) is 0 Å². The molecule has 2 heterocycles. The van der Waals surface area contributed by atoms with Gasteiger partial charge in [0, 0.05) is 68.2 Å². The van der Waals surface area contributed by atoms with Gasteiger partial charge in [-0.15, -0.1) is 0 Å². The first-order valence-electron chi connectivity index (χ1n) is 11.7. The van der Waals surface area contributed by atoms with E-state index in [2.05, 4.69) is 9.97 Å². The second kappa shape index (κ2) is 13.6. The van der Waals surface area contributed by atoms with Crippen molar-refractivity contribution < 1.29 is 9.59 Å². The van der Waals surface area contributed by atoms with Crippen LogP contribution in [-0.2, 0) is 6.42 Å². The molecule has 0 atom stereocenters. The van der Waals surface area contributed by atoms with Crippen molar-refractivity contribution in [3.05, 3.63) is 137 Å². The summed E-state index contributed by atoms with van der Waals surface area (Å²) in [7, 11) is 3.72. The maximum Gasteiger partial charge on any atom is 0.195 e. The van der Waals surface area contributed by atoms with Gasteiger partial charge in [0.1, 0.15) is 0 Å². The number of carbonyl (C=O) groups is 2. The van der Waals surface area contributed by atoms with E-state index >= 15 is 0 Å². The Morgan fingerprint density at radius 1 is 0.763 bits per heavy atom. The molecule has 0 aliphatic heterocycles. The summed E-state index contributed by atoms with van der Waals surface area (Å²) in [6, 6.07) is 24.7. The zero-order valence-corrected chi connectivity index (χ0v) is 21.1. The van der Waals surface area contributed by atoms with E-state index in [1.807, 2.05) is 43.3 Å². The average Bonchev–Trinajstić information content (AvgIpc) is 2.97. The molecule has 38 heavy (non-hydrogen) atoms. The highest BCUT2D eigenvalue weighted by atomic mass is 16.1. The molecule has 0 fully saturated rings. The van der Waals surface area contributed by atoms with Crippen LogP contribution in [0.1, 0.15) is 43.0 Å². The van der Waals surface area contributed by atoms with Gasteiger partial charge in [-0.2, -0.15) is 10.5 Å². The number of carbonyl (C=O) groups excluding carboxylic acids is 2. The lowest BCUT2D eigenvalue weighted by molar-refractivity contribution is 0.0992. The molecule has 0 aliphatic rings. The van der Waals surface area contributed by atoms with Crippen molar-refractivity contribution in [1.82, 2.24) is 14.9 Å². The highest BCUT2D eigenvalue weighted by Crippen LogP contribution is 2.20. The molecular formula is C31H25N5O2. The third-order valence-electron chi connectivity index (χ3n) is 5.30. The number of allylic oxidation sites excluding steroid dienone is 1. The predicted molar refractivity (Wildman–Crippen MR) is 145 cm³/mol. The summed E-state index contributed by atoms with van der Waals surface area (Å²) in [5, 5.41) is 17.7. The molecule has 0 N–H and O–H groups in total. The number of ketones is 2. The highest BCUT2D eigenvalue weighted by Gasteiger charge is 2.15. The number of nitriles is 2. The zero-order chi connectivity index (χ0) is 27.3. The fourth-order valence-corrected chi connectivity index (χ4v) is 3.49. The molecule has 0 saturated carbocycles. The van der Waals surface area contributed by atoms with E-state index in [9.17, 15) is 9.59 Å². The van der Waals surface area contributed by atoms with E-state index in [1.165, 1.54) is 0 Å². The highest BCUT2D eigenvalue weighted by molar-refractivity contribution is 6.28.